The summed E-state index contributed by atoms with van der Waals surface area (Å²) in [4.78, 5) is 14.7. The zero-order chi connectivity index (χ0) is 13.7. The number of esters is 1. The van der Waals surface area contributed by atoms with Crippen LogP contribution in [0.1, 0.15) is 34.0 Å². The number of hydrogen-bond acceptors (Lipinski definition) is 3. The lowest BCUT2D eigenvalue weighted by Crippen LogP contribution is -2.06. The molecule has 1 N–H and O–H groups in total. The van der Waals surface area contributed by atoms with E-state index in [0.717, 1.165) is 11.1 Å². The summed E-state index contributed by atoms with van der Waals surface area (Å²) in [6.07, 6.45) is 4.07. The molecule has 0 bridgehead atoms. The Labute approximate surface area is 111 Å². The number of aromatic amines is 1. The van der Waals surface area contributed by atoms with Gasteiger partial charge < -0.3 is 9.72 Å². The van der Waals surface area contributed by atoms with Gasteiger partial charge in [0.2, 0.25) is 0 Å². The number of rotatable bonds is 4. The fraction of sp³-hybridized carbons (Fsp3) is 0.200. The molecule has 0 aliphatic rings. The van der Waals surface area contributed by atoms with E-state index < -0.39 is 0 Å². The number of H-pyrrole nitrogens is 1. The van der Waals surface area contributed by atoms with Gasteiger partial charge in [-0.15, -0.1) is 0 Å². The number of nitrogens with zero attached hydrogens (tertiary/aromatic N) is 1. The summed E-state index contributed by atoms with van der Waals surface area (Å²) >= 11 is 0. The minimum atomic E-state index is -0.313. The third-order valence-electron chi connectivity index (χ3n) is 2.80. The minimum absolute atomic E-state index is 0.313. The van der Waals surface area contributed by atoms with Gasteiger partial charge in [0.1, 0.15) is 0 Å². The van der Waals surface area contributed by atoms with Gasteiger partial charge in [0.05, 0.1) is 23.8 Å². The quantitative estimate of drug-likeness (QED) is 0.853. The Morgan fingerprint density at radius 1 is 1.32 bits per heavy atom. The first-order valence-electron chi connectivity index (χ1n) is 6.06. The van der Waals surface area contributed by atoms with Gasteiger partial charge >= 0.3 is 5.97 Å². The number of benzene rings is 1. The molecule has 0 fully saturated rings. The molecule has 4 nitrogen and oxygen atoms in total. The number of carbonyl (C=O) groups excluding carboxylic acids is 1. The first-order valence-corrected chi connectivity index (χ1v) is 6.06. The van der Waals surface area contributed by atoms with E-state index in [2.05, 4.69) is 11.1 Å². The molecule has 0 aliphatic heterocycles. The lowest BCUT2D eigenvalue weighted by atomic mass is 10.0. The molecule has 0 amide bonds. The number of nitrogens with one attached hydrogen (secondary N) is 1. The largest absolute Gasteiger partial charge is 0.462 e. The van der Waals surface area contributed by atoms with E-state index in [9.17, 15) is 4.79 Å². The van der Waals surface area contributed by atoms with Crippen LogP contribution in [0.15, 0.2) is 36.7 Å². The zero-order valence-corrected chi connectivity index (χ0v) is 10.6. The third kappa shape index (κ3) is 3.02. The molecule has 0 atom stereocenters. The predicted molar refractivity (Wildman–Crippen MR) is 70.7 cm³/mol. The highest BCUT2D eigenvalue weighted by atomic mass is 16.5. The van der Waals surface area contributed by atoms with Gasteiger partial charge in [-0.1, -0.05) is 12.1 Å². The van der Waals surface area contributed by atoms with Gasteiger partial charge in [-0.3, -0.25) is 0 Å². The Morgan fingerprint density at radius 2 is 2.05 bits per heavy atom. The number of carbonyl (C=O) groups is 1. The molecule has 1 aromatic heterocycles. The molecule has 1 heterocycles. The summed E-state index contributed by atoms with van der Waals surface area (Å²) < 4.78 is 5.00. The van der Waals surface area contributed by atoms with Crippen LogP contribution in [0, 0.1) is 11.3 Å². The summed E-state index contributed by atoms with van der Waals surface area (Å²) in [5.41, 5.74) is 3.13. The Hall–Kier alpha value is -2.54. The highest BCUT2D eigenvalue weighted by Gasteiger charge is 2.13. The molecule has 2 rings (SSSR count). The SMILES string of the molecule is CCOC(=O)c1c[nH]cc1Cc1ccc(C#N)cc1. The fourth-order valence-electron chi connectivity index (χ4n) is 1.86. The Bertz CT molecular complexity index is 606. The highest BCUT2D eigenvalue weighted by molar-refractivity contribution is 5.91. The van der Waals surface area contributed by atoms with Crippen LogP contribution >= 0.6 is 0 Å². The van der Waals surface area contributed by atoms with Crippen LogP contribution in [-0.4, -0.2) is 17.6 Å². The molecule has 96 valence electrons. The van der Waals surface area contributed by atoms with Crippen LogP contribution in [0.5, 0.6) is 0 Å². The monoisotopic (exact) mass is 254 g/mol. The van der Waals surface area contributed by atoms with Crippen molar-refractivity contribution >= 4 is 5.97 Å². The molecule has 0 aliphatic carbocycles. The van der Waals surface area contributed by atoms with E-state index in [0.29, 0.717) is 24.2 Å². The molecule has 0 unspecified atom stereocenters. The molecular weight excluding hydrogens is 240 g/mol. The smallest absolute Gasteiger partial charge is 0.339 e. The maximum absolute atomic E-state index is 11.7. The standard InChI is InChI=1S/C15H14N2O2/c1-2-19-15(18)14-10-17-9-13(14)7-11-3-5-12(8-16)6-4-11/h3-6,9-10,17H,2,7H2,1H3. The Balaban J connectivity index is 2.17. The van der Waals surface area contributed by atoms with E-state index in [1.54, 1.807) is 31.5 Å². The molecule has 4 heteroatoms. The Morgan fingerprint density at radius 3 is 2.68 bits per heavy atom. The van der Waals surface area contributed by atoms with Crippen LogP contribution < -0.4 is 0 Å². The van der Waals surface area contributed by atoms with Crippen molar-refractivity contribution < 1.29 is 9.53 Å². The molecule has 19 heavy (non-hydrogen) atoms. The van der Waals surface area contributed by atoms with Gasteiger partial charge in [-0.2, -0.15) is 5.26 Å². The van der Waals surface area contributed by atoms with Crippen LogP contribution in [-0.2, 0) is 11.2 Å². The summed E-state index contributed by atoms with van der Waals surface area (Å²) in [5, 5.41) is 8.74. The average Bonchev–Trinajstić information content (AvgIpc) is 2.88. The van der Waals surface area contributed by atoms with Crippen molar-refractivity contribution in [3.05, 3.63) is 58.9 Å². The van der Waals surface area contributed by atoms with E-state index in [-0.39, 0.29) is 5.97 Å². The first-order chi connectivity index (χ1) is 9.24. The van der Waals surface area contributed by atoms with Crippen molar-refractivity contribution in [2.45, 2.75) is 13.3 Å². The maximum atomic E-state index is 11.7. The molecule has 2 aromatic rings. The summed E-state index contributed by atoms with van der Waals surface area (Å²) in [7, 11) is 0. The number of nitriles is 1. The van der Waals surface area contributed by atoms with Gasteiger partial charge in [-0.05, 0) is 36.6 Å². The topological polar surface area (TPSA) is 65.9 Å². The van der Waals surface area contributed by atoms with Crippen molar-refractivity contribution in [2.75, 3.05) is 6.61 Å². The average molecular weight is 254 g/mol. The van der Waals surface area contributed by atoms with Gasteiger partial charge in [-0.25, -0.2) is 4.79 Å². The van der Waals surface area contributed by atoms with Gasteiger partial charge in [0.25, 0.3) is 0 Å². The first kappa shape index (κ1) is 12.9. The summed E-state index contributed by atoms with van der Waals surface area (Å²) in [6, 6.07) is 9.40. The minimum Gasteiger partial charge on any atom is -0.462 e. The molecule has 0 saturated heterocycles. The van der Waals surface area contributed by atoms with Crippen molar-refractivity contribution in [3.63, 3.8) is 0 Å². The van der Waals surface area contributed by atoms with Crippen LogP contribution in [0.4, 0.5) is 0 Å². The van der Waals surface area contributed by atoms with Crippen LogP contribution in [0.3, 0.4) is 0 Å². The molecule has 1 aromatic carbocycles. The summed E-state index contributed by atoms with van der Waals surface area (Å²) in [6.45, 7) is 2.14. The van der Waals surface area contributed by atoms with Crippen molar-refractivity contribution in [1.82, 2.24) is 4.98 Å². The number of aromatic nitrogens is 1. The van der Waals surface area contributed by atoms with Gasteiger partial charge in [0, 0.05) is 12.4 Å². The molecular formula is C15H14N2O2. The lowest BCUT2D eigenvalue weighted by Gasteiger charge is -2.04. The molecule has 0 spiro atoms. The van der Waals surface area contributed by atoms with E-state index >= 15 is 0 Å². The second kappa shape index (κ2) is 5.87. The van der Waals surface area contributed by atoms with E-state index in [1.807, 2.05) is 12.1 Å². The molecule has 0 radical (unpaired) electrons. The normalized spacial score (nSPS) is 9.89. The van der Waals surface area contributed by atoms with E-state index in [1.165, 1.54) is 0 Å². The van der Waals surface area contributed by atoms with Gasteiger partial charge in [0.15, 0.2) is 0 Å². The Kier molecular flexibility index (Phi) is 3.99. The maximum Gasteiger partial charge on any atom is 0.339 e. The van der Waals surface area contributed by atoms with Crippen LogP contribution in [0.2, 0.25) is 0 Å². The van der Waals surface area contributed by atoms with Crippen LogP contribution in [0.25, 0.3) is 0 Å². The molecule has 0 saturated carbocycles. The van der Waals surface area contributed by atoms with Crippen molar-refractivity contribution in [3.8, 4) is 6.07 Å². The second-order valence-corrected chi connectivity index (χ2v) is 4.10. The lowest BCUT2D eigenvalue weighted by molar-refractivity contribution is 0.0525. The van der Waals surface area contributed by atoms with Crippen molar-refractivity contribution in [1.29, 1.82) is 5.26 Å². The van der Waals surface area contributed by atoms with E-state index in [4.69, 9.17) is 10.00 Å². The second-order valence-electron chi connectivity index (χ2n) is 4.10. The zero-order valence-electron chi connectivity index (χ0n) is 10.6. The highest BCUT2D eigenvalue weighted by Crippen LogP contribution is 2.15. The fourth-order valence-corrected chi connectivity index (χ4v) is 1.86. The number of hydrogen-bond donors (Lipinski definition) is 1. The third-order valence-corrected chi connectivity index (χ3v) is 2.80. The predicted octanol–water partition coefficient (Wildman–Crippen LogP) is 2.65. The number of ether oxygens (including phenoxy) is 1. The van der Waals surface area contributed by atoms with Crippen molar-refractivity contribution in [2.24, 2.45) is 0 Å². The summed E-state index contributed by atoms with van der Waals surface area (Å²) in [5.74, 6) is -0.313.